The second-order valence-electron chi connectivity index (χ2n) is 30.0. The van der Waals surface area contributed by atoms with Crippen molar-refractivity contribution in [1.82, 2.24) is 55.1 Å². The Morgan fingerprint density at radius 3 is 1.60 bits per heavy atom. The van der Waals surface area contributed by atoms with Crippen LogP contribution in [0.3, 0.4) is 0 Å². The number of unbranched alkanes of at least 4 members (excludes halogenated alkanes) is 1. The standard InChI is InChI=1S/C77H125ClN12O15/c1-20-22-34-90(72(99)52(11)54(13)92)44-66(94)84(15)61(38-48(5)6)70(97)81-59(75(102)89-35-27-24-28-36-89)43-65(93)83(14)53(12)69(96)82-60(46-105-45-51(10)91)74(101)86(17)63(39-49(7)8)76(103)85(16)62(42-56-32-29-33-57(78)40-56)71(98)80-58(37-47(3)4)73(100)87(18)64(41-55-30-25-23-26-31-55)77(104)88(19)67(68(79)95)50(9)21-2/h23,25-26,29-33,40,47-54,58-64,67,91-92H,20-22,24,27-28,34-39,41-46H2,1-19H3,(H2,79,95)(H,80,98)(H,81,97)(H,82,96)/t50-,51+,52-,53-,54+,58-,59-,60-,61-,62-,63-,64-,67-/m0/s1. The summed E-state index contributed by atoms with van der Waals surface area (Å²) in [4.78, 5) is 185. The Labute approximate surface area is 628 Å². The number of nitrogens with one attached hydrogen (secondary N) is 3. The third-order valence-corrected chi connectivity index (χ3v) is 20.1. The normalized spacial score (nSPS) is 16.1. The first-order valence-corrected chi connectivity index (χ1v) is 37.7. The molecule has 2 aromatic rings. The number of aliphatic hydroxyl groups excluding tert-OH is 2. The van der Waals surface area contributed by atoms with Gasteiger partial charge in [-0.05, 0) is 113 Å². The quantitative estimate of drug-likeness (QED) is 0.0525. The molecule has 1 aliphatic heterocycles. The van der Waals surface area contributed by atoms with Gasteiger partial charge < -0.3 is 75.8 Å². The fraction of sp³-hybridized carbons (Fsp3) is 0.688. The highest BCUT2D eigenvalue weighted by atomic mass is 35.5. The van der Waals surface area contributed by atoms with Gasteiger partial charge in [-0.2, -0.15) is 0 Å². The number of primary amides is 1. The van der Waals surface area contributed by atoms with E-state index >= 15 is 19.2 Å². The SMILES string of the molecule is CCCCN(CC(=O)N(C)[C@@H](CC(C)C)C(=O)N[C@@H](CC(=O)N(C)[C@@H](C)C(=O)N[C@@H](COC[C@@H](C)O)C(=O)N(C)[C@@H](CC(C)C)C(=O)N(C)[C@@H](Cc1cccc(Cl)c1)C(=O)N[C@@H](CC(C)C)C(=O)N(C)[C@@H](Cc1ccccc1)C(=O)N(C)[C@H](C(N)=O)[C@@H](C)CC)C(=O)N1CCCCC1)C(=O)[C@@H](C)[C@@H](C)O. The molecule has 3 rings (SSSR count). The van der Waals surface area contributed by atoms with Gasteiger partial charge in [0.25, 0.3) is 0 Å². The van der Waals surface area contributed by atoms with Crippen LogP contribution in [0, 0.1) is 29.6 Å². The highest BCUT2D eigenvalue weighted by Crippen LogP contribution is 2.25. The number of benzene rings is 2. The maximum absolute atomic E-state index is 15.5. The van der Waals surface area contributed by atoms with Crippen molar-refractivity contribution in [2.45, 2.75) is 234 Å². The van der Waals surface area contributed by atoms with E-state index in [9.17, 15) is 48.6 Å². The second-order valence-corrected chi connectivity index (χ2v) is 30.4. The highest BCUT2D eigenvalue weighted by molar-refractivity contribution is 6.30. The number of nitrogens with two attached hydrogens (primary N) is 1. The molecular weight excluding hydrogens is 1370 g/mol. The minimum absolute atomic E-state index is 0.0272. The number of rotatable bonds is 43. The van der Waals surface area contributed by atoms with E-state index in [1.54, 1.807) is 48.2 Å². The maximum Gasteiger partial charge on any atom is 0.247 e. The van der Waals surface area contributed by atoms with Gasteiger partial charge in [-0.3, -0.25) is 57.5 Å². The summed E-state index contributed by atoms with van der Waals surface area (Å²) in [7, 11) is 8.47. The summed E-state index contributed by atoms with van der Waals surface area (Å²) in [6, 6.07) is 4.01. The number of likely N-dealkylation sites (tertiary alicyclic amines) is 1. The first-order valence-electron chi connectivity index (χ1n) is 37.3. The molecule has 1 fully saturated rings. The topological polar surface area (TPSA) is 343 Å². The van der Waals surface area contributed by atoms with Crippen molar-refractivity contribution in [3.63, 3.8) is 0 Å². The maximum atomic E-state index is 15.5. The van der Waals surface area contributed by atoms with Crippen molar-refractivity contribution in [3.05, 3.63) is 70.7 Å². The van der Waals surface area contributed by atoms with Gasteiger partial charge in [0, 0.05) is 79.8 Å². The van der Waals surface area contributed by atoms with Crippen LogP contribution < -0.4 is 21.7 Å². The number of piperidine rings is 1. The Morgan fingerprint density at radius 2 is 1.06 bits per heavy atom. The Hall–Kier alpha value is -7.75. The van der Waals surface area contributed by atoms with Gasteiger partial charge in [-0.1, -0.05) is 136 Å². The van der Waals surface area contributed by atoms with Gasteiger partial charge in [-0.25, -0.2) is 0 Å². The molecule has 27 nitrogen and oxygen atoms in total. The van der Waals surface area contributed by atoms with Crippen LogP contribution >= 0.6 is 11.6 Å². The molecule has 0 bridgehead atoms. The summed E-state index contributed by atoms with van der Waals surface area (Å²) in [5.41, 5.74) is 7.15. The van der Waals surface area contributed by atoms with Gasteiger partial charge in [-0.15, -0.1) is 0 Å². The van der Waals surface area contributed by atoms with Crippen molar-refractivity contribution in [2.75, 3.05) is 81.7 Å². The van der Waals surface area contributed by atoms with Crippen molar-refractivity contribution in [2.24, 2.45) is 35.3 Å². The summed E-state index contributed by atoms with van der Waals surface area (Å²) in [6.07, 6.45) is 1.59. The number of ether oxygens (including phenoxy) is 1. The summed E-state index contributed by atoms with van der Waals surface area (Å²) in [6.45, 7) is 22.4. The number of aliphatic hydroxyl groups is 2. The predicted molar refractivity (Wildman–Crippen MR) is 403 cm³/mol. The molecule has 12 amide bonds. The molecule has 590 valence electrons. The lowest BCUT2D eigenvalue weighted by Crippen LogP contribution is -2.61. The van der Waals surface area contributed by atoms with Crippen molar-refractivity contribution in [1.29, 1.82) is 0 Å². The van der Waals surface area contributed by atoms with Crippen LogP contribution in [0.15, 0.2) is 54.6 Å². The first-order chi connectivity index (χ1) is 49.2. The largest absolute Gasteiger partial charge is 0.393 e. The molecule has 0 aliphatic carbocycles. The fourth-order valence-corrected chi connectivity index (χ4v) is 13.0. The van der Waals surface area contributed by atoms with Crippen LogP contribution in [0.5, 0.6) is 0 Å². The predicted octanol–water partition coefficient (Wildman–Crippen LogP) is 4.68. The number of amides is 12. The van der Waals surface area contributed by atoms with Crippen LogP contribution in [-0.2, 0) is 75.1 Å². The molecule has 1 aliphatic rings. The minimum atomic E-state index is -1.57. The van der Waals surface area contributed by atoms with Crippen LogP contribution in [0.2, 0.25) is 5.02 Å². The van der Waals surface area contributed by atoms with Crippen LogP contribution in [-0.4, -0.2) is 269 Å². The average molecular weight is 1490 g/mol. The van der Waals surface area contributed by atoms with E-state index in [0.717, 1.165) is 22.6 Å². The first kappa shape index (κ1) is 91.5. The number of carbonyl (C=O) groups excluding carboxylic acids is 12. The minimum Gasteiger partial charge on any atom is -0.393 e. The van der Waals surface area contributed by atoms with Crippen LogP contribution in [0.25, 0.3) is 0 Å². The Kier molecular flexibility index (Phi) is 38.7. The summed E-state index contributed by atoms with van der Waals surface area (Å²) < 4.78 is 5.79. The van der Waals surface area contributed by atoms with Gasteiger partial charge in [0.05, 0.1) is 44.3 Å². The third kappa shape index (κ3) is 28.2. The van der Waals surface area contributed by atoms with Crippen LogP contribution in [0.1, 0.15) is 165 Å². The molecular formula is C77H125ClN12O15. The molecule has 0 aromatic heterocycles. The number of hydrogen-bond acceptors (Lipinski definition) is 15. The van der Waals surface area contributed by atoms with E-state index in [0.29, 0.717) is 54.9 Å². The lowest BCUT2D eigenvalue weighted by Gasteiger charge is -2.38. The van der Waals surface area contributed by atoms with E-state index in [4.69, 9.17) is 22.1 Å². The number of carbonyl (C=O) groups is 12. The average Bonchev–Trinajstić information content (AvgIpc) is 0.816. The van der Waals surface area contributed by atoms with Gasteiger partial charge in [0.2, 0.25) is 70.9 Å². The lowest BCUT2D eigenvalue weighted by atomic mass is 9.95. The molecule has 0 unspecified atom stereocenters. The van der Waals surface area contributed by atoms with Gasteiger partial charge in [0.1, 0.15) is 54.4 Å². The number of hydrogen-bond donors (Lipinski definition) is 6. The Morgan fingerprint density at radius 1 is 0.543 bits per heavy atom. The number of halogens is 1. The monoisotopic (exact) mass is 1490 g/mol. The lowest BCUT2D eigenvalue weighted by molar-refractivity contribution is -0.151. The van der Waals surface area contributed by atoms with Crippen LogP contribution in [0.4, 0.5) is 0 Å². The van der Waals surface area contributed by atoms with E-state index in [1.165, 1.54) is 87.6 Å². The molecule has 0 radical (unpaired) electrons. The van der Waals surface area contributed by atoms with Crippen molar-refractivity contribution in [3.8, 4) is 0 Å². The molecule has 0 spiro atoms. The molecule has 0 saturated carbocycles. The molecule has 28 heteroatoms. The Bertz CT molecular complexity index is 3190. The van der Waals surface area contributed by atoms with Gasteiger partial charge in [0.15, 0.2) is 0 Å². The summed E-state index contributed by atoms with van der Waals surface area (Å²) >= 11 is 6.52. The zero-order valence-electron chi connectivity index (χ0n) is 65.9. The molecule has 7 N–H and O–H groups in total. The smallest absolute Gasteiger partial charge is 0.247 e. The third-order valence-electron chi connectivity index (χ3n) is 19.8. The molecule has 1 saturated heterocycles. The summed E-state index contributed by atoms with van der Waals surface area (Å²) in [5.74, 6) is -9.81. The number of nitrogens with zero attached hydrogens (tertiary/aromatic N) is 8. The molecule has 1 heterocycles. The zero-order valence-corrected chi connectivity index (χ0v) is 66.7. The van der Waals surface area contributed by atoms with E-state index in [2.05, 4.69) is 16.0 Å². The summed E-state index contributed by atoms with van der Waals surface area (Å²) in [5, 5.41) is 29.3. The fourth-order valence-electron chi connectivity index (χ4n) is 12.8. The van der Waals surface area contributed by atoms with E-state index in [-0.39, 0.29) is 75.5 Å². The van der Waals surface area contributed by atoms with Crippen molar-refractivity contribution >= 4 is 82.5 Å². The van der Waals surface area contributed by atoms with E-state index in [1.807, 2.05) is 80.5 Å². The van der Waals surface area contributed by atoms with Gasteiger partial charge >= 0.3 is 0 Å². The molecule has 105 heavy (non-hydrogen) atoms. The zero-order chi connectivity index (χ0) is 79.4. The highest BCUT2D eigenvalue weighted by Gasteiger charge is 2.43. The van der Waals surface area contributed by atoms with E-state index < -0.39 is 156 Å². The second kappa shape index (κ2) is 44.4. The van der Waals surface area contributed by atoms with Crippen molar-refractivity contribution < 1.29 is 72.5 Å². The Balaban J connectivity index is 2.07. The molecule has 2 aromatic carbocycles. The number of likely N-dealkylation sites (N-methyl/N-ethyl adjacent to an activating group) is 6. The molecule has 13 atom stereocenters.